The Hall–Kier alpha value is -4.41. The van der Waals surface area contributed by atoms with E-state index in [1.165, 1.54) is 44.4 Å². The number of nitrogens with zero attached hydrogens (tertiary/aromatic N) is 2. The quantitative estimate of drug-likeness (QED) is 0.179. The molecule has 41 heavy (non-hydrogen) atoms. The molecule has 0 unspecified atom stereocenters. The molecule has 1 amide bonds. The number of benzene rings is 4. The van der Waals surface area contributed by atoms with Crippen molar-refractivity contribution >= 4 is 38.9 Å². The first-order valence-electron chi connectivity index (χ1n) is 12.5. The van der Waals surface area contributed by atoms with E-state index in [0.29, 0.717) is 5.56 Å². The van der Waals surface area contributed by atoms with Crippen LogP contribution >= 0.6 is 11.6 Å². The fraction of sp³-hybridized carbons (Fsp3) is 0.167. The van der Waals surface area contributed by atoms with Gasteiger partial charge < -0.3 is 10.1 Å². The number of nitrogens with one attached hydrogen (secondary N) is 1. The Bertz CT molecular complexity index is 1700. The highest BCUT2D eigenvalue weighted by Crippen LogP contribution is 2.36. The fourth-order valence-electron chi connectivity index (χ4n) is 4.47. The summed E-state index contributed by atoms with van der Waals surface area (Å²) in [4.78, 5) is 24.3. The Kier molecular flexibility index (Phi) is 8.95. The fourth-order valence-corrected chi connectivity index (χ4v) is 6.08. The molecule has 212 valence electrons. The molecule has 0 aliphatic heterocycles. The first kappa shape index (κ1) is 29.6. The van der Waals surface area contributed by atoms with Crippen molar-refractivity contribution in [1.82, 2.24) is 5.32 Å². The maximum atomic E-state index is 14.0. The Morgan fingerprint density at radius 1 is 0.976 bits per heavy atom. The summed E-state index contributed by atoms with van der Waals surface area (Å²) in [5, 5.41) is 14.8. The molecule has 0 aromatic heterocycles. The first-order chi connectivity index (χ1) is 19.5. The van der Waals surface area contributed by atoms with E-state index in [1.807, 2.05) is 61.5 Å². The van der Waals surface area contributed by atoms with E-state index in [2.05, 4.69) is 5.32 Å². The lowest BCUT2D eigenvalue weighted by molar-refractivity contribution is -0.385. The standard InChI is InChI=1S/C30H28ClN3O6S/c1-20-9-7-8-12-25(20)30(22-10-5-4-6-11-22)32-29(35)19-33(27-17-23(31)14-16-28(27)40-3)41(38,39)24-15-13-21(2)26(18-24)34(36)37/h4-18,30H,19H2,1-3H3,(H,32,35)/t30-/m0/s1. The highest BCUT2D eigenvalue weighted by molar-refractivity contribution is 7.92. The second kappa shape index (κ2) is 12.4. The van der Waals surface area contributed by atoms with E-state index in [9.17, 15) is 23.3 Å². The number of carbonyl (C=O) groups excluding carboxylic acids is 1. The van der Waals surface area contributed by atoms with Crippen molar-refractivity contribution in [1.29, 1.82) is 0 Å². The maximum Gasteiger partial charge on any atom is 0.273 e. The van der Waals surface area contributed by atoms with Crippen LogP contribution in [-0.4, -0.2) is 32.9 Å². The van der Waals surface area contributed by atoms with Gasteiger partial charge in [-0.2, -0.15) is 0 Å². The SMILES string of the molecule is COc1ccc(Cl)cc1N(CC(=O)N[C@@H](c1ccccc1)c1ccccc1C)S(=O)(=O)c1ccc(C)c([N+](=O)[O-])c1. The van der Waals surface area contributed by atoms with Crippen molar-refractivity contribution in [2.24, 2.45) is 0 Å². The summed E-state index contributed by atoms with van der Waals surface area (Å²) in [5.74, 6) is -0.472. The third-order valence-electron chi connectivity index (χ3n) is 6.60. The number of aryl methyl sites for hydroxylation is 2. The van der Waals surface area contributed by atoms with E-state index in [0.717, 1.165) is 27.1 Å². The molecule has 0 heterocycles. The monoisotopic (exact) mass is 593 g/mol. The summed E-state index contributed by atoms with van der Waals surface area (Å²) in [6, 6.07) is 24.3. The van der Waals surface area contributed by atoms with Crippen LogP contribution in [0.5, 0.6) is 5.75 Å². The minimum atomic E-state index is -4.52. The van der Waals surface area contributed by atoms with Crippen molar-refractivity contribution in [3.8, 4) is 5.75 Å². The topological polar surface area (TPSA) is 119 Å². The number of ether oxygens (including phenoxy) is 1. The first-order valence-corrected chi connectivity index (χ1v) is 14.4. The number of amides is 1. The second-order valence-electron chi connectivity index (χ2n) is 9.30. The van der Waals surface area contributed by atoms with E-state index >= 15 is 0 Å². The molecule has 0 saturated carbocycles. The van der Waals surface area contributed by atoms with Crippen LogP contribution in [0.4, 0.5) is 11.4 Å². The predicted molar refractivity (Wildman–Crippen MR) is 158 cm³/mol. The summed E-state index contributed by atoms with van der Waals surface area (Å²) in [6.45, 7) is 2.78. The van der Waals surface area contributed by atoms with Gasteiger partial charge in [0.15, 0.2) is 0 Å². The van der Waals surface area contributed by atoms with Crippen LogP contribution in [0.3, 0.4) is 0 Å². The molecule has 0 fully saturated rings. The zero-order valence-corrected chi connectivity index (χ0v) is 24.1. The third-order valence-corrected chi connectivity index (χ3v) is 8.59. The molecule has 0 radical (unpaired) electrons. The lowest BCUT2D eigenvalue weighted by Crippen LogP contribution is -2.42. The highest BCUT2D eigenvalue weighted by atomic mass is 35.5. The summed E-state index contributed by atoms with van der Waals surface area (Å²) in [7, 11) is -3.16. The molecule has 1 N–H and O–H groups in total. The highest BCUT2D eigenvalue weighted by Gasteiger charge is 2.32. The van der Waals surface area contributed by atoms with Crippen molar-refractivity contribution in [3.63, 3.8) is 0 Å². The van der Waals surface area contributed by atoms with Gasteiger partial charge >= 0.3 is 0 Å². The van der Waals surface area contributed by atoms with E-state index in [-0.39, 0.29) is 27.0 Å². The van der Waals surface area contributed by atoms with Crippen molar-refractivity contribution in [2.45, 2.75) is 24.8 Å². The summed E-state index contributed by atoms with van der Waals surface area (Å²) in [5.41, 5.74) is 2.52. The van der Waals surface area contributed by atoms with Crippen molar-refractivity contribution < 1.29 is 22.9 Å². The van der Waals surface area contributed by atoms with Gasteiger partial charge in [-0.1, -0.05) is 72.3 Å². The molecule has 11 heteroatoms. The summed E-state index contributed by atoms with van der Waals surface area (Å²) >= 11 is 6.23. The van der Waals surface area contributed by atoms with Crippen LogP contribution in [0.2, 0.25) is 5.02 Å². The number of sulfonamides is 1. The number of halogens is 1. The molecule has 4 rings (SSSR count). The van der Waals surface area contributed by atoms with Crippen molar-refractivity contribution in [3.05, 3.63) is 128 Å². The molecule has 0 saturated heterocycles. The van der Waals surface area contributed by atoms with Gasteiger partial charge in [0.2, 0.25) is 5.91 Å². The molecule has 0 aliphatic carbocycles. The lowest BCUT2D eigenvalue weighted by atomic mass is 9.95. The average molecular weight is 594 g/mol. The molecule has 4 aromatic carbocycles. The number of hydrogen-bond donors (Lipinski definition) is 1. The van der Waals surface area contributed by atoms with Crippen LogP contribution < -0.4 is 14.4 Å². The Labute approximate surface area is 243 Å². The molecule has 0 bridgehead atoms. The minimum Gasteiger partial charge on any atom is -0.495 e. The van der Waals surface area contributed by atoms with Gasteiger partial charge in [0.1, 0.15) is 12.3 Å². The van der Waals surface area contributed by atoms with Crippen LogP contribution in [0.15, 0.2) is 95.9 Å². The Balaban J connectivity index is 1.80. The van der Waals surface area contributed by atoms with E-state index in [4.69, 9.17) is 16.3 Å². The van der Waals surface area contributed by atoms with Crippen LogP contribution in [0, 0.1) is 24.0 Å². The van der Waals surface area contributed by atoms with Crippen LogP contribution in [0.1, 0.15) is 28.3 Å². The van der Waals surface area contributed by atoms with E-state index in [1.54, 1.807) is 0 Å². The van der Waals surface area contributed by atoms with Gasteiger partial charge in [-0.25, -0.2) is 8.42 Å². The third kappa shape index (κ3) is 6.50. The predicted octanol–water partition coefficient (Wildman–Crippen LogP) is 5.97. The molecular formula is C30H28ClN3O6S. The van der Waals surface area contributed by atoms with E-state index < -0.39 is 33.4 Å². The molecule has 9 nitrogen and oxygen atoms in total. The average Bonchev–Trinajstić information content (AvgIpc) is 2.95. The smallest absolute Gasteiger partial charge is 0.273 e. The number of nitro benzene ring substituents is 1. The molecular weight excluding hydrogens is 566 g/mol. The van der Waals surface area contributed by atoms with Gasteiger partial charge in [0.05, 0.1) is 28.7 Å². The molecule has 4 aromatic rings. The number of nitro groups is 1. The Morgan fingerprint density at radius 2 is 1.66 bits per heavy atom. The number of anilines is 1. The van der Waals surface area contributed by atoms with Crippen LogP contribution in [0.25, 0.3) is 0 Å². The molecule has 0 aliphatic rings. The molecule has 1 atom stereocenters. The molecule has 0 spiro atoms. The normalized spacial score (nSPS) is 11.9. The van der Waals surface area contributed by atoms with Gasteiger partial charge in [0.25, 0.3) is 15.7 Å². The summed E-state index contributed by atoms with van der Waals surface area (Å²) in [6.07, 6.45) is 0. The maximum absolute atomic E-state index is 14.0. The zero-order valence-electron chi connectivity index (χ0n) is 22.6. The van der Waals surface area contributed by atoms with Crippen molar-refractivity contribution in [2.75, 3.05) is 18.0 Å². The van der Waals surface area contributed by atoms with Gasteiger partial charge in [0, 0.05) is 16.7 Å². The zero-order chi connectivity index (χ0) is 29.7. The number of hydrogen-bond acceptors (Lipinski definition) is 6. The number of rotatable bonds is 10. The number of methoxy groups -OCH3 is 1. The largest absolute Gasteiger partial charge is 0.495 e. The van der Waals surface area contributed by atoms with Gasteiger partial charge in [-0.15, -0.1) is 0 Å². The minimum absolute atomic E-state index is 0.00512. The van der Waals surface area contributed by atoms with Crippen LogP contribution in [-0.2, 0) is 14.8 Å². The van der Waals surface area contributed by atoms with Gasteiger partial charge in [-0.05, 0) is 54.8 Å². The van der Waals surface area contributed by atoms with Gasteiger partial charge in [-0.3, -0.25) is 19.2 Å². The second-order valence-corrected chi connectivity index (χ2v) is 11.6. The Morgan fingerprint density at radius 3 is 2.32 bits per heavy atom. The number of carbonyl (C=O) groups is 1. The summed E-state index contributed by atoms with van der Waals surface area (Å²) < 4.78 is 34.3. The lowest BCUT2D eigenvalue weighted by Gasteiger charge is -2.28.